The number of fused-ring (bicyclic) bond motifs is 1. The molecule has 0 saturated carbocycles. The number of hydrogen-bond donors (Lipinski definition) is 2. The Morgan fingerprint density at radius 3 is 2.65 bits per heavy atom. The van der Waals surface area contributed by atoms with Crippen LogP contribution >= 0.6 is 15.9 Å². The maximum absolute atomic E-state index is 12.5. The van der Waals surface area contributed by atoms with Crippen molar-refractivity contribution in [2.45, 2.75) is 37.6 Å². The Kier molecular flexibility index (Phi) is 7.07. The Balaban J connectivity index is 2.00. The van der Waals surface area contributed by atoms with Gasteiger partial charge in [0.25, 0.3) is 15.7 Å². The van der Waals surface area contributed by atoms with Crippen LogP contribution in [-0.2, 0) is 14.8 Å². The predicted molar refractivity (Wildman–Crippen MR) is 129 cm³/mol. The van der Waals surface area contributed by atoms with E-state index in [4.69, 9.17) is 0 Å². The first-order valence-electron chi connectivity index (χ1n) is 10.0. The van der Waals surface area contributed by atoms with Crippen molar-refractivity contribution in [3.05, 3.63) is 62.1 Å². The number of nitro benzene ring substituents is 1. The summed E-state index contributed by atoms with van der Waals surface area (Å²) in [6.45, 7) is 5.44. The third-order valence-corrected chi connectivity index (χ3v) is 6.48. The van der Waals surface area contributed by atoms with Crippen molar-refractivity contribution >= 4 is 49.6 Å². The molecule has 1 aliphatic rings. The van der Waals surface area contributed by atoms with Crippen LogP contribution < -0.4 is 5.32 Å². The number of nitro groups is 1. The molecule has 0 fully saturated rings. The van der Waals surface area contributed by atoms with Gasteiger partial charge in [-0.25, -0.2) is 5.01 Å². The highest BCUT2D eigenvalue weighted by atomic mass is 79.9. The third kappa shape index (κ3) is 5.78. The average Bonchev–Trinajstić information content (AvgIpc) is 3.00. The van der Waals surface area contributed by atoms with E-state index < -0.39 is 20.5 Å². The molecule has 0 radical (unpaired) electrons. The van der Waals surface area contributed by atoms with Gasteiger partial charge in [0.05, 0.1) is 22.2 Å². The predicted octanol–water partition coefficient (Wildman–Crippen LogP) is 3.15. The standard InChI is InChI=1S/C21H22BrN5O6S/c1-21(2,3)24-18(28)8-9-26(20-15-6-4-5-7-17(15)34(32,33)25-20)23-12-13-10-14(27(30)31)11-16(22)19(13)29/h4-7,10-12,29H,8-9H2,1-3H3,(H,24,28)/b23-12+. The van der Waals surface area contributed by atoms with E-state index in [0.717, 1.165) is 18.3 Å². The fourth-order valence-corrected chi connectivity index (χ4v) is 4.79. The van der Waals surface area contributed by atoms with Gasteiger partial charge in [0.15, 0.2) is 5.84 Å². The molecule has 0 atom stereocenters. The Morgan fingerprint density at radius 2 is 2.00 bits per heavy atom. The molecule has 0 aromatic heterocycles. The summed E-state index contributed by atoms with van der Waals surface area (Å²) < 4.78 is 29.0. The molecule has 0 spiro atoms. The molecule has 13 heteroatoms. The monoisotopic (exact) mass is 551 g/mol. The second-order valence-corrected chi connectivity index (χ2v) is 10.9. The van der Waals surface area contributed by atoms with Gasteiger partial charge in [0.2, 0.25) is 5.91 Å². The minimum absolute atomic E-state index is 0.000560. The number of phenols is 1. The van der Waals surface area contributed by atoms with Crippen molar-refractivity contribution in [1.29, 1.82) is 0 Å². The van der Waals surface area contributed by atoms with E-state index in [1.807, 2.05) is 20.8 Å². The quantitative estimate of drug-likeness (QED) is 0.317. The van der Waals surface area contributed by atoms with E-state index in [-0.39, 0.29) is 51.1 Å². The zero-order valence-corrected chi connectivity index (χ0v) is 20.9. The summed E-state index contributed by atoms with van der Waals surface area (Å²) >= 11 is 3.07. The minimum atomic E-state index is -3.96. The maximum Gasteiger partial charge on any atom is 0.285 e. The van der Waals surface area contributed by atoms with Gasteiger partial charge < -0.3 is 10.4 Å². The van der Waals surface area contributed by atoms with Gasteiger partial charge in [-0.3, -0.25) is 14.9 Å². The molecule has 11 nitrogen and oxygen atoms in total. The van der Waals surface area contributed by atoms with E-state index in [9.17, 15) is 28.4 Å². The number of nitrogens with one attached hydrogen (secondary N) is 1. The molecule has 1 aliphatic heterocycles. The average molecular weight is 552 g/mol. The number of amidine groups is 1. The van der Waals surface area contributed by atoms with Crippen molar-refractivity contribution in [3.8, 4) is 5.75 Å². The number of carbonyl (C=O) groups is 1. The van der Waals surface area contributed by atoms with E-state index in [2.05, 4.69) is 30.7 Å². The summed E-state index contributed by atoms with van der Waals surface area (Å²) in [5.41, 5.74) is -0.429. The summed E-state index contributed by atoms with van der Waals surface area (Å²) in [6, 6.07) is 8.46. The van der Waals surface area contributed by atoms with E-state index in [1.165, 1.54) is 11.1 Å². The number of hydrogen-bond acceptors (Lipinski definition) is 8. The molecule has 1 amide bonds. The van der Waals surface area contributed by atoms with Crippen LogP contribution in [0, 0.1) is 10.1 Å². The fraction of sp³-hybridized carbons (Fsp3) is 0.286. The van der Waals surface area contributed by atoms with Gasteiger partial charge in [-0.05, 0) is 48.8 Å². The first-order chi connectivity index (χ1) is 15.8. The van der Waals surface area contributed by atoms with E-state index in [0.29, 0.717) is 5.56 Å². The van der Waals surface area contributed by atoms with Crippen LogP contribution in [0.15, 0.2) is 55.3 Å². The molecule has 0 aliphatic carbocycles. The smallest absolute Gasteiger partial charge is 0.285 e. The molecular formula is C21H22BrN5O6S. The summed E-state index contributed by atoms with van der Waals surface area (Å²) in [5, 5.41) is 29.8. The number of rotatable bonds is 6. The van der Waals surface area contributed by atoms with E-state index >= 15 is 0 Å². The van der Waals surface area contributed by atoms with Gasteiger partial charge in [-0.1, -0.05) is 12.1 Å². The van der Waals surface area contributed by atoms with Crippen molar-refractivity contribution in [3.63, 3.8) is 0 Å². The number of carbonyl (C=O) groups excluding carboxylic acids is 1. The van der Waals surface area contributed by atoms with Crippen LogP contribution in [0.3, 0.4) is 0 Å². The molecule has 34 heavy (non-hydrogen) atoms. The summed E-state index contributed by atoms with van der Waals surface area (Å²) in [7, 11) is -3.96. The SMILES string of the molecule is CC(C)(C)NC(=O)CCN(/N=C/c1cc([N+](=O)[O-])cc(Br)c1O)C1=NS(=O)(=O)c2ccccc21. The Bertz CT molecular complexity index is 1320. The lowest BCUT2D eigenvalue weighted by Gasteiger charge is -2.22. The van der Waals surface area contributed by atoms with Gasteiger partial charge in [-0.2, -0.15) is 13.5 Å². The third-order valence-electron chi connectivity index (χ3n) is 4.55. The van der Waals surface area contributed by atoms with Crippen LogP contribution in [0.4, 0.5) is 5.69 Å². The van der Waals surface area contributed by atoms with Gasteiger partial charge in [0, 0.05) is 35.2 Å². The van der Waals surface area contributed by atoms with Crippen LogP contribution in [0.1, 0.15) is 38.3 Å². The largest absolute Gasteiger partial charge is 0.506 e. The fourth-order valence-electron chi connectivity index (χ4n) is 3.12. The number of sulfonamides is 1. The second-order valence-electron chi connectivity index (χ2n) is 8.42. The number of non-ortho nitro benzene ring substituents is 1. The minimum Gasteiger partial charge on any atom is -0.506 e. The number of nitrogens with zero attached hydrogens (tertiary/aromatic N) is 4. The van der Waals surface area contributed by atoms with Crippen LogP contribution in [0.25, 0.3) is 0 Å². The van der Waals surface area contributed by atoms with Crippen LogP contribution in [-0.4, -0.2) is 53.5 Å². The zero-order chi connectivity index (χ0) is 25.3. The number of aromatic hydroxyl groups is 1. The molecule has 2 aromatic carbocycles. The number of hydrazone groups is 1. The van der Waals surface area contributed by atoms with Crippen LogP contribution in [0.5, 0.6) is 5.75 Å². The van der Waals surface area contributed by atoms with Crippen molar-refractivity contribution in [2.24, 2.45) is 9.50 Å². The Morgan fingerprint density at radius 1 is 1.32 bits per heavy atom. The first-order valence-corrected chi connectivity index (χ1v) is 12.3. The Hall–Kier alpha value is -3.32. The molecule has 2 N–H and O–H groups in total. The van der Waals surface area contributed by atoms with Gasteiger partial charge in [-0.15, -0.1) is 4.40 Å². The second kappa shape index (κ2) is 9.50. The lowest BCUT2D eigenvalue weighted by molar-refractivity contribution is -0.385. The molecule has 180 valence electrons. The van der Waals surface area contributed by atoms with Crippen molar-refractivity contribution in [1.82, 2.24) is 10.3 Å². The molecule has 0 bridgehead atoms. The molecule has 0 saturated heterocycles. The highest BCUT2D eigenvalue weighted by molar-refractivity contribution is 9.10. The lowest BCUT2D eigenvalue weighted by Crippen LogP contribution is -2.42. The Labute approximate surface area is 204 Å². The summed E-state index contributed by atoms with van der Waals surface area (Å²) in [5.74, 6) is -0.580. The topological polar surface area (TPSA) is 155 Å². The first kappa shape index (κ1) is 25.3. The van der Waals surface area contributed by atoms with Crippen molar-refractivity contribution in [2.75, 3.05) is 6.54 Å². The summed E-state index contributed by atoms with van der Waals surface area (Å²) in [4.78, 5) is 22.9. The van der Waals surface area contributed by atoms with Gasteiger partial charge >= 0.3 is 0 Å². The molecule has 3 rings (SSSR count). The number of benzene rings is 2. The van der Waals surface area contributed by atoms with Crippen LogP contribution in [0.2, 0.25) is 0 Å². The maximum atomic E-state index is 12.5. The van der Waals surface area contributed by atoms with Gasteiger partial charge in [0.1, 0.15) is 10.6 Å². The molecule has 1 heterocycles. The molecular weight excluding hydrogens is 530 g/mol. The molecule has 0 unspecified atom stereocenters. The summed E-state index contributed by atoms with van der Waals surface area (Å²) in [6.07, 6.45) is 1.10. The highest BCUT2D eigenvalue weighted by Crippen LogP contribution is 2.32. The normalized spacial score (nSPS) is 14.5. The number of halogens is 1. The number of amides is 1. The van der Waals surface area contributed by atoms with Crippen molar-refractivity contribution < 1.29 is 23.2 Å². The molecule has 2 aromatic rings. The number of phenolic OH excluding ortho intramolecular Hbond substituents is 1. The zero-order valence-electron chi connectivity index (χ0n) is 18.5. The highest BCUT2D eigenvalue weighted by Gasteiger charge is 2.32. The van der Waals surface area contributed by atoms with E-state index in [1.54, 1.807) is 18.2 Å². The lowest BCUT2D eigenvalue weighted by atomic mass is 10.1.